The predicted molar refractivity (Wildman–Crippen MR) is 55.8 cm³/mol. The van der Waals surface area contributed by atoms with E-state index in [1.54, 1.807) is 25.3 Å². The molecule has 0 amide bonds. The van der Waals surface area contributed by atoms with Crippen molar-refractivity contribution < 1.29 is 4.74 Å². The van der Waals surface area contributed by atoms with Crippen LogP contribution in [0.3, 0.4) is 0 Å². The van der Waals surface area contributed by atoms with Gasteiger partial charge < -0.3 is 10.5 Å². The predicted octanol–water partition coefficient (Wildman–Crippen LogP) is 1.54. The van der Waals surface area contributed by atoms with Crippen molar-refractivity contribution >= 4 is 6.08 Å². The topological polar surface area (TPSA) is 59.0 Å². The van der Waals surface area contributed by atoms with Crippen LogP contribution in [0.2, 0.25) is 0 Å². The van der Waals surface area contributed by atoms with Crippen LogP contribution in [0, 0.1) is 11.3 Å². The summed E-state index contributed by atoms with van der Waals surface area (Å²) in [7, 11) is 1.60. The number of nitrogens with zero attached hydrogens (tertiary/aromatic N) is 1. The number of rotatable bonds is 3. The molecule has 1 aromatic rings. The third-order valence-corrected chi connectivity index (χ3v) is 1.81. The van der Waals surface area contributed by atoms with E-state index < -0.39 is 0 Å². The summed E-state index contributed by atoms with van der Waals surface area (Å²) in [6.45, 7) is 0.460. The average Bonchev–Trinajstić information content (AvgIpc) is 2.25. The van der Waals surface area contributed by atoms with E-state index in [4.69, 9.17) is 15.7 Å². The van der Waals surface area contributed by atoms with Gasteiger partial charge in [-0.15, -0.1) is 0 Å². The first-order valence-corrected chi connectivity index (χ1v) is 4.26. The van der Waals surface area contributed by atoms with Crippen molar-refractivity contribution in [2.75, 3.05) is 13.7 Å². The molecule has 72 valence electrons. The number of nitriles is 1. The summed E-state index contributed by atoms with van der Waals surface area (Å²) in [5.41, 5.74) is 6.79. The van der Waals surface area contributed by atoms with E-state index in [9.17, 15) is 0 Å². The number of benzene rings is 1. The van der Waals surface area contributed by atoms with Crippen molar-refractivity contribution in [3.8, 4) is 11.8 Å². The van der Waals surface area contributed by atoms with Gasteiger partial charge in [0.25, 0.3) is 0 Å². The molecule has 0 spiro atoms. The molecule has 0 aromatic heterocycles. The minimum absolute atomic E-state index is 0.460. The smallest absolute Gasteiger partial charge is 0.119 e. The molecule has 3 heteroatoms. The van der Waals surface area contributed by atoms with Crippen LogP contribution in [0.4, 0.5) is 0 Å². The molecule has 0 radical (unpaired) electrons. The van der Waals surface area contributed by atoms with Crippen molar-refractivity contribution in [1.82, 2.24) is 0 Å². The van der Waals surface area contributed by atoms with Crippen LogP contribution >= 0.6 is 0 Å². The number of hydrogen-bond acceptors (Lipinski definition) is 3. The van der Waals surface area contributed by atoms with Gasteiger partial charge >= 0.3 is 0 Å². The standard InChI is InChI=1S/C11H12N2O/c1-14-11-5-4-10(8-13)9(7-11)3-2-6-12/h2-5,7H,6,12H2,1H3. The van der Waals surface area contributed by atoms with Crippen LogP contribution in [0.5, 0.6) is 5.75 Å². The second-order valence-electron chi connectivity index (χ2n) is 2.70. The van der Waals surface area contributed by atoms with E-state index in [0.717, 1.165) is 11.3 Å². The molecule has 1 aromatic carbocycles. The molecule has 0 bridgehead atoms. The fourth-order valence-corrected chi connectivity index (χ4v) is 1.10. The Morgan fingerprint density at radius 2 is 2.36 bits per heavy atom. The van der Waals surface area contributed by atoms with Crippen LogP contribution in [-0.2, 0) is 0 Å². The van der Waals surface area contributed by atoms with Gasteiger partial charge in [-0.25, -0.2) is 0 Å². The largest absolute Gasteiger partial charge is 0.497 e. The van der Waals surface area contributed by atoms with Gasteiger partial charge in [0.1, 0.15) is 5.75 Å². The van der Waals surface area contributed by atoms with Gasteiger partial charge in [-0.1, -0.05) is 12.2 Å². The Labute approximate surface area is 83.4 Å². The van der Waals surface area contributed by atoms with E-state index in [-0.39, 0.29) is 0 Å². The van der Waals surface area contributed by atoms with E-state index in [1.165, 1.54) is 0 Å². The minimum Gasteiger partial charge on any atom is -0.497 e. The lowest BCUT2D eigenvalue weighted by Crippen LogP contribution is -1.93. The normalized spacial score (nSPS) is 10.1. The van der Waals surface area contributed by atoms with Crippen LogP contribution in [-0.4, -0.2) is 13.7 Å². The Hall–Kier alpha value is -1.79. The summed E-state index contributed by atoms with van der Waals surface area (Å²) in [5, 5.41) is 8.83. The molecular formula is C11H12N2O. The Bertz CT molecular complexity index is 377. The molecule has 2 N–H and O–H groups in total. The number of hydrogen-bond donors (Lipinski definition) is 1. The highest BCUT2D eigenvalue weighted by Crippen LogP contribution is 2.18. The fourth-order valence-electron chi connectivity index (χ4n) is 1.10. The van der Waals surface area contributed by atoms with Gasteiger partial charge in [0.2, 0.25) is 0 Å². The number of nitrogens with two attached hydrogens (primary N) is 1. The van der Waals surface area contributed by atoms with Gasteiger partial charge in [-0.2, -0.15) is 5.26 Å². The van der Waals surface area contributed by atoms with Crippen molar-refractivity contribution in [2.24, 2.45) is 5.73 Å². The molecule has 0 aliphatic heterocycles. The Balaban J connectivity index is 3.10. The Kier molecular flexibility index (Phi) is 3.71. The molecule has 0 aliphatic carbocycles. The first-order valence-electron chi connectivity index (χ1n) is 4.26. The van der Waals surface area contributed by atoms with Crippen LogP contribution in [0.25, 0.3) is 6.08 Å². The summed E-state index contributed by atoms with van der Waals surface area (Å²) in [5.74, 6) is 0.737. The Morgan fingerprint density at radius 1 is 1.57 bits per heavy atom. The molecule has 0 saturated heterocycles. The highest BCUT2D eigenvalue weighted by molar-refractivity contribution is 5.60. The van der Waals surface area contributed by atoms with Crippen LogP contribution in [0.15, 0.2) is 24.3 Å². The first-order chi connectivity index (χ1) is 6.81. The Morgan fingerprint density at radius 3 is 2.93 bits per heavy atom. The zero-order chi connectivity index (χ0) is 10.4. The minimum atomic E-state index is 0.460. The molecule has 3 nitrogen and oxygen atoms in total. The zero-order valence-electron chi connectivity index (χ0n) is 8.03. The van der Waals surface area contributed by atoms with E-state index in [0.29, 0.717) is 12.1 Å². The first kappa shape index (κ1) is 10.3. The van der Waals surface area contributed by atoms with E-state index in [1.807, 2.05) is 12.1 Å². The van der Waals surface area contributed by atoms with Gasteiger partial charge in [0.05, 0.1) is 18.7 Å². The van der Waals surface area contributed by atoms with E-state index in [2.05, 4.69) is 6.07 Å². The number of methoxy groups -OCH3 is 1. The molecule has 1 rings (SSSR count). The lowest BCUT2D eigenvalue weighted by atomic mass is 10.1. The molecule has 14 heavy (non-hydrogen) atoms. The third kappa shape index (κ3) is 2.35. The zero-order valence-corrected chi connectivity index (χ0v) is 8.03. The van der Waals surface area contributed by atoms with Crippen molar-refractivity contribution in [3.05, 3.63) is 35.4 Å². The van der Waals surface area contributed by atoms with Gasteiger partial charge in [0.15, 0.2) is 0 Å². The van der Waals surface area contributed by atoms with Crippen molar-refractivity contribution in [1.29, 1.82) is 5.26 Å². The molecule has 0 heterocycles. The van der Waals surface area contributed by atoms with Crippen LogP contribution in [0.1, 0.15) is 11.1 Å². The van der Waals surface area contributed by atoms with Gasteiger partial charge in [-0.05, 0) is 23.8 Å². The quantitative estimate of drug-likeness (QED) is 0.782. The monoisotopic (exact) mass is 188 g/mol. The summed E-state index contributed by atoms with van der Waals surface area (Å²) in [6.07, 6.45) is 3.62. The molecule has 0 aliphatic rings. The second-order valence-corrected chi connectivity index (χ2v) is 2.70. The van der Waals surface area contributed by atoms with Crippen LogP contribution < -0.4 is 10.5 Å². The summed E-state index contributed by atoms with van der Waals surface area (Å²) < 4.78 is 5.06. The molecule has 0 saturated carbocycles. The maximum atomic E-state index is 8.83. The highest BCUT2D eigenvalue weighted by atomic mass is 16.5. The second kappa shape index (κ2) is 5.05. The lowest BCUT2D eigenvalue weighted by molar-refractivity contribution is 0.414. The maximum absolute atomic E-state index is 8.83. The fraction of sp³-hybridized carbons (Fsp3) is 0.182. The van der Waals surface area contributed by atoms with Gasteiger partial charge in [-0.3, -0.25) is 0 Å². The summed E-state index contributed by atoms with van der Waals surface area (Å²) >= 11 is 0. The molecule has 0 fully saturated rings. The SMILES string of the molecule is COc1ccc(C#N)c(C=CCN)c1. The highest BCUT2D eigenvalue weighted by Gasteiger charge is 1.99. The van der Waals surface area contributed by atoms with E-state index >= 15 is 0 Å². The third-order valence-electron chi connectivity index (χ3n) is 1.81. The van der Waals surface area contributed by atoms with Crippen molar-refractivity contribution in [3.63, 3.8) is 0 Å². The molecule has 0 unspecified atom stereocenters. The number of ether oxygens (including phenoxy) is 1. The summed E-state index contributed by atoms with van der Waals surface area (Å²) in [6, 6.07) is 7.41. The molecule has 0 atom stereocenters. The maximum Gasteiger partial charge on any atom is 0.119 e. The van der Waals surface area contributed by atoms with Gasteiger partial charge in [0, 0.05) is 6.54 Å². The lowest BCUT2D eigenvalue weighted by Gasteiger charge is -2.02. The van der Waals surface area contributed by atoms with Crippen molar-refractivity contribution in [2.45, 2.75) is 0 Å². The molecular weight excluding hydrogens is 176 g/mol. The average molecular weight is 188 g/mol. The summed E-state index contributed by atoms with van der Waals surface area (Å²) in [4.78, 5) is 0.